The van der Waals surface area contributed by atoms with E-state index in [-0.39, 0.29) is 0 Å². The molecule has 2 unspecified atom stereocenters. The lowest BCUT2D eigenvalue weighted by Gasteiger charge is -2.19. The Kier molecular flexibility index (Phi) is 6.95. The van der Waals surface area contributed by atoms with Crippen molar-refractivity contribution < 1.29 is 0 Å². The van der Waals surface area contributed by atoms with Crippen molar-refractivity contribution in [3.8, 4) is 0 Å². The number of unbranched alkanes of at least 4 members (excludes halogenated alkanes) is 1. The van der Waals surface area contributed by atoms with E-state index in [1.165, 1.54) is 37.7 Å². The van der Waals surface area contributed by atoms with Crippen LogP contribution in [0.4, 0.5) is 0 Å². The summed E-state index contributed by atoms with van der Waals surface area (Å²) < 4.78 is 0. The van der Waals surface area contributed by atoms with Crippen LogP contribution in [0.15, 0.2) is 30.3 Å². The number of hydrogen-bond acceptors (Lipinski definition) is 1. The molecule has 1 heteroatoms. The largest absolute Gasteiger partial charge is 0.312 e. The lowest BCUT2D eigenvalue weighted by atomic mass is 10.0. The summed E-state index contributed by atoms with van der Waals surface area (Å²) in [5, 5.41) is 3.68. The van der Waals surface area contributed by atoms with Crippen molar-refractivity contribution >= 4 is 0 Å². The maximum atomic E-state index is 3.68. The Morgan fingerprint density at radius 1 is 1.00 bits per heavy atom. The van der Waals surface area contributed by atoms with Gasteiger partial charge in [0, 0.05) is 12.1 Å². The molecule has 0 heterocycles. The highest BCUT2D eigenvalue weighted by molar-refractivity contribution is 5.14. The van der Waals surface area contributed by atoms with Gasteiger partial charge in [0.15, 0.2) is 0 Å². The Labute approximate surface area is 107 Å². The van der Waals surface area contributed by atoms with Gasteiger partial charge < -0.3 is 5.32 Å². The van der Waals surface area contributed by atoms with Crippen molar-refractivity contribution in [1.82, 2.24) is 5.32 Å². The van der Waals surface area contributed by atoms with Crippen LogP contribution in [0.1, 0.15) is 52.0 Å². The molecule has 0 saturated carbocycles. The minimum absolute atomic E-state index is 0.613. The fraction of sp³-hybridized carbons (Fsp3) is 0.625. The summed E-state index contributed by atoms with van der Waals surface area (Å²) in [6.45, 7) is 6.85. The second-order valence-electron chi connectivity index (χ2n) is 5.14. The van der Waals surface area contributed by atoms with E-state index in [1.807, 2.05) is 0 Å². The van der Waals surface area contributed by atoms with Crippen LogP contribution in [-0.4, -0.2) is 12.1 Å². The first-order valence-corrected chi connectivity index (χ1v) is 7.02. The molecule has 0 amide bonds. The van der Waals surface area contributed by atoms with E-state index in [1.54, 1.807) is 0 Å². The monoisotopic (exact) mass is 233 g/mol. The van der Waals surface area contributed by atoms with Gasteiger partial charge in [-0.05, 0) is 38.7 Å². The van der Waals surface area contributed by atoms with Gasteiger partial charge in [0.05, 0.1) is 0 Å². The molecular formula is C16H27N. The first kappa shape index (κ1) is 14.2. The Balaban J connectivity index is 2.19. The molecule has 0 saturated heterocycles. The van der Waals surface area contributed by atoms with Crippen LogP contribution in [0, 0.1) is 0 Å². The average molecular weight is 233 g/mol. The molecule has 1 nitrogen and oxygen atoms in total. The topological polar surface area (TPSA) is 12.0 Å². The van der Waals surface area contributed by atoms with Crippen LogP contribution in [-0.2, 0) is 6.42 Å². The molecule has 96 valence electrons. The van der Waals surface area contributed by atoms with E-state index in [4.69, 9.17) is 0 Å². The first-order valence-electron chi connectivity index (χ1n) is 7.02. The van der Waals surface area contributed by atoms with Crippen molar-refractivity contribution in [3.63, 3.8) is 0 Å². The van der Waals surface area contributed by atoms with Gasteiger partial charge >= 0.3 is 0 Å². The van der Waals surface area contributed by atoms with Crippen LogP contribution in [0.25, 0.3) is 0 Å². The first-order chi connectivity index (χ1) is 8.22. The molecule has 0 aliphatic rings. The van der Waals surface area contributed by atoms with Gasteiger partial charge in [-0.3, -0.25) is 0 Å². The third kappa shape index (κ3) is 6.48. The summed E-state index contributed by atoms with van der Waals surface area (Å²) in [6, 6.07) is 12.0. The fourth-order valence-electron chi connectivity index (χ4n) is 2.19. The van der Waals surface area contributed by atoms with E-state index >= 15 is 0 Å². The van der Waals surface area contributed by atoms with Gasteiger partial charge in [0.1, 0.15) is 0 Å². The van der Waals surface area contributed by atoms with Gasteiger partial charge in [-0.25, -0.2) is 0 Å². The average Bonchev–Trinajstić information content (AvgIpc) is 2.35. The SMILES string of the molecule is CCCCC(C)NC(C)CCc1ccccc1. The van der Waals surface area contributed by atoms with E-state index in [0.29, 0.717) is 12.1 Å². The van der Waals surface area contributed by atoms with E-state index < -0.39 is 0 Å². The van der Waals surface area contributed by atoms with Crippen molar-refractivity contribution in [2.75, 3.05) is 0 Å². The molecule has 0 radical (unpaired) electrons. The molecule has 17 heavy (non-hydrogen) atoms. The molecule has 0 aliphatic heterocycles. The minimum Gasteiger partial charge on any atom is -0.312 e. The summed E-state index contributed by atoms with van der Waals surface area (Å²) >= 11 is 0. The predicted octanol–water partition coefficient (Wildman–Crippen LogP) is 4.18. The molecule has 0 aromatic heterocycles. The molecule has 2 atom stereocenters. The van der Waals surface area contributed by atoms with Gasteiger partial charge in [-0.15, -0.1) is 0 Å². The van der Waals surface area contributed by atoms with Crippen LogP contribution in [0.3, 0.4) is 0 Å². The lowest BCUT2D eigenvalue weighted by molar-refractivity contribution is 0.420. The van der Waals surface area contributed by atoms with Crippen molar-refractivity contribution in [2.45, 2.75) is 65.0 Å². The van der Waals surface area contributed by atoms with Crippen molar-refractivity contribution in [3.05, 3.63) is 35.9 Å². The highest BCUT2D eigenvalue weighted by atomic mass is 14.9. The highest BCUT2D eigenvalue weighted by Crippen LogP contribution is 2.07. The molecule has 1 rings (SSSR count). The Morgan fingerprint density at radius 3 is 2.29 bits per heavy atom. The van der Waals surface area contributed by atoms with E-state index in [2.05, 4.69) is 56.4 Å². The molecule has 0 bridgehead atoms. The Bertz CT molecular complexity index is 281. The van der Waals surface area contributed by atoms with Crippen LogP contribution in [0.2, 0.25) is 0 Å². The normalized spacial score (nSPS) is 14.5. The van der Waals surface area contributed by atoms with Gasteiger partial charge in [-0.2, -0.15) is 0 Å². The quantitative estimate of drug-likeness (QED) is 0.710. The summed E-state index contributed by atoms with van der Waals surface area (Å²) in [5.74, 6) is 0. The standard InChI is InChI=1S/C16H27N/c1-4-5-9-14(2)17-15(3)12-13-16-10-7-6-8-11-16/h6-8,10-11,14-15,17H,4-5,9,12-13H2,1-3H3. The van der Waals surface area contributed by atoms with Gasteiger partial charge in [0.25, 0.3) is 0 Å². The number of benzene rings is 1. The van der Waals surface area contributed by atoms with Crippen molar-refractivity contribution in [1.29, 1.82) is 0 Å². The Morgan fingerprint density at radius 2 is 1.65 bits per heavy atom. The molecule has 1 aromatic carbocycles. The van der Waals surface area contributed by atoms with Crippen LogP contribution in [0.5, 0.6) is 0 Å². The fourth-order valence-corrected chi connectivity index (χ4v) is 2.19. The zero-order valence-electron chi connectivity index (χ0n) is 11.6. The second-order valence-corrected chi connectivity index (χ2v) is 5.14. The third-order valence-corrected chi connectivity index (χ3v) is 3.27. The number of rotatable bonds is 8. The minimum atomic E-state index is 0.613. The van der Waals surface area contributed by atoms with E-state index in [9.17, 15) is 0 Å². The number of nitrogens with one attached hydrogen (secondary N) is 1. The van der Waals surface area contributed by atoms with Gasteiger partial charge in [0.2, 0.25) is 0 Å². The number of aryl methyl sites for hydroxylation is 1. The Hall–Kier alpha value is -0.820. The molecule has 0 spiro atoms. The van der Waals surface area contributed by atoms with Crippen LogP contribution < -0.4 is 5.32 Å². The molecular weight excluding hydrogens is 206 g/mol. The second kappa shape index (κ2) is 8.30. The third-order valence-electron chi connectivity index (χ3n) is 3.27. The number of hydrogen-bond donors (Lipinski definition) is 1. The van der Waals surface area contributed by atoms with Crippen molar-refractivity contribution in [2.24, 2.45) is 0 Å². The maximum absolute atomic E-state index is 3.68. The maximum Gasteiger partial charge on any atom is 0.00443 e. The van der Waals surface area contributed by atoms with Crippen LogP contribution >= 0.6 is 0 Å². The molecule has 0 aliphatic carbocycles. The molecule has 1 aromatic rings. The summed E-state index contributed by atoms with van der Waals surface area (Å²) in [4.78, 5) is 0. The summed E-state index contributed by atoms with van der Waals surface area (Å²) in [5.41, 5.74) is 1.45. The van der Waals surface area contributed by atoms with E-state index in [0.717, 1.165) is 0 Å². The summed E-state index contributed by atoms with van der Waals surface area (Å²) in [6.07, 6.45) is 6.33. The smallest absolute Gasteiger partial charge is 0.00443 e. The molecule has 1 N–H and O–H groups in total. The lowest BCUT2D eigenvalue weighted by Crippen LogP contribution is -2.34. The zero-order valence-corrected chi connectivity index (χ0v) is 11.6. The highest BCUT2D eigenvalue weighted by Gasteiger charge is 2.06. The van der Waals surface area contributed by atoms with Gasteiger partial charge in [-0.1, -0.05) is 50.1 Å². The summed E-state index contributed by atoms with van der Waals surface area (Å²) in [7, 11) is 0. The predicted molar refractivity (Wildman–Crippen MR) is 76.3 cm³/mol. The zero-order chi connectivity index (χ0) is 12.5. The molecule has 0 fully saturated rings.